The van der Waals surface area contributed by atoms with Gasteiger partial charge in [0.15, 0.2) is 11.7 Å². The van der Waals surface area contributed by atoms with Crippen LogP contribution in [0.25, 0.3) is 0 Å². The van der Waals surface area contributed by atoms with Gasteiger partial charge in [-0.15, -0.1) is 0 Å². The van der Waals surface area contributed by atoms with E-state index >= 15 is 0 Å². The molecule has 0 aliphatic carbocycles. The first-order chi connectivity index (χ1) is 13.3. The molecular weight excluding hydrogens is 370 g/mol. The number of benzene rings is 1. The minimum atomic E-state index is -0.114. The highest BCUT2D eigenvalue weighted by Crippen LogP contribution is 2.40. The second kappa shape index (κ2) is 5.61. The summed E-state index contributed by atoms with van der Waals surface area (Å²) in [6.07, 6.45) is 3.68. The van der Waals surface area contributed by atoms with Crippen LogP contribution < -0.4 is 9.91 Å². The minimum Gasteiger partial charge on any atom is -0.368 e. The third-order valence-electron chi connectivity index (χ3n) is 5.12. The van der Waals surface area contributed by atoms with E-state index in [-0.39, 0.29) is 6.10 Å². The SMILES string of the molecule is ClN1C=C2N(C1)c1ccccc1C1=NCN(c3noc(C4CCCO4)n3)N21. The molecule has 0 N–H and O–H groups in total. The van der Waals surface area contributed by atoms with E-state index in [2.05, 4.69) is 27.2 Å². The number of para-hydroxylation sites is 1. The molecule has 4 aliphatic heterocycles. The maximum atomic E-state index is 6.29. The van der Waals surface area contributed by atoms with Gasteiger partial charge in [-0.3, -0.25) is 4.42 Å². The Morgan fingerprint density at radius 3 is 3.04 bits per heavy atom. The Bertz CT molecular complexity index is 968. The van der Waals surface area contributed by atoms with E-state index in [1.807, 2.05) is 28.4 Å². The number of hydrogen-bond donors (Lipinski definition) is 0. The fraction of sp³-hybridized carbons (Fsp3) is 0.353. The molecule has 0 saturated carbocycles. The molecule has 1 saturated heterocycles. The highest BCUT2D eigenvalue weighted by atomic mass is 35.5. The number of hydrazine groups is 1. The first-order valence-corrected chi connectivity index (χ1v) is 9.22. The van der Waals surface area contributed by atoms with Crippen molar-refractivity contribution in [3.8, 4) is 0 Å². The average Bonchev–Trinajstić information content (AvgIpc) is 3.44. The zero-order valence-corrected chi connectivity index (χ0v) is 15.1. The van der Waals surface area contributed by atoms with Crippen molar-refractivity contribution in [3.63, 3.8) is 0 Å². The molecule has 6 rings (SSSR count). The molecule has 9 nitrogen and oxygen atoms in total. The number of halogens is 1. The van der Waals surface area contributed by atoms with Gasteiger partial charge in [0.05, 0.1) is 11.9 Å². The Kier molecular flexibility index (Phi) is 3.18. The van der Waals surface area contributed by atoms with Crippen LogP contribution in [0.15, 0.2) is 45.8 Å². The Labute approximate surface area is 160 Å². The highest BCUT2D eigenvalue weighted by Gasteiger charge is 2.43. The molecule has 1 fully saturated rings. The van der Waals surface area contributed by atoms with Gasteiger partial charge in [-0.2, -0.15) is 4.98 Å². The summed E-state index contributed by atoms with van der Waals surface area (Å²) in [4.78, 5) is 11.4. The number of nitrogens with zero attached hydrogens (tertiary/aromatic N) is 7. The summed E-state index contributed by atoms with van der Waals surface area (Å²) in [5, 5.41) is 8.06. The van der Waals surface area contributed by atoms with Gasteiger partial charge in [0.2, 0.25) is 0 Å². The standard InChI is InChI=1S/C17H16ClN7O2/c18-22-8-14-23(10-22)12-5-2-1-4-11(12)15-19-9-24(25(14)15)17-20-16(27-21-17)13-6-3-7-26-13/h1-2,4-5,8,13H,3,6-7,9-10H2. The van der Waals surface area contributed by atoms with Crippen molar-refractivity contribution in [2.24, 2.45) is 4.99 Å². The Morgan fingerprint density at radius 1 is 1.22 bits per heavy atom. The largest absolute Gasteiger partial charge is 0.368 e. The van der Waals surface area contributed by atoms with E-state index in [9.17, 15) is 0 Å². The number of amidine groups is 1. The molecule has 138 valence electrons. The van der Waals surface area contributed by atoms with E-state index in [4.69, 9.17) is 26.0 Å². The van der Waals surface area contributed by atoms with Crippen molar-refractivity contribution in [1.82, 2.24) is 19.6 Å². The van der Waals surface area contributed by atoms with Gasteiger partial charge in [0.1, 0.15) is 19.4 Å². The number of ether oxygens (including phenoxy) is 1. The summed E-state index contributed by atoms with van der Waals surface area (Å²) in [7, 11) is 0. The summed E-state index contributed by atoms with van der Waals surface area (Å²) >= 11 is 6.29. The van der Waals surface area contributed by atoms with Crippen molar-refractivity contribution in [3.05, 3.63) is 47.7 Å². The fourth-order valence-electron chi connectivity index (χ4n) is 3.91. The highest BCUT2D eigenvalue weighted by molar-refractivity contribution is 6.15. The second-order valence-electron chi connectivity index (χ2n) is 6.74. The summed E-state index contributed by atoms with van der Waals surface area (Å²) < 4.78 is 12.7. The third-order valence-corrected chi connectivity index (χ3v) is 5.33. The number of fused-ring (bicyclic) bond motifs is 6. The van der Waals surface area contributed by atoms with Gasteiger partial charge in [-0.05, 0) is 30.1 Å². The van der Waals surface area contributed by atoms with E-state index in [0.29, 0.717) is 25.2 Å². The van der Waals surface area contributed by atoms with E-state index < -0.39 is 0 Å². The van der Waals surface area contributed by atoms with E-state index in [1.54, 1.807) is 4.42 Å². The molecule has 1 aromatic carbocycles. The summed E-state index contributed by atoms with van der Waals surface area (Å²) in [6.45, 7) is 1.69. The molecule has 1 unspecified atom stereocenters. The van der Waals surface area contributed by atoms with Crippen molar-refractivity contribution >= 4 is 29.2 Å². The zero-order chi connectivity index (χ0) is 18.0. The number of anilines is 2. The molecule has 1 aromatic heterocycles. The van der Waals surface area contributed by atoms with Gasteiger partial charge >= 0.3 is 0 Å². The lowest BCUT2D eigenvalue weighted by atomic mass is 10.1. The monoisotopic (exact) mass is 385 g/mol. The summed E-state index contributed by atoms with van der Waals surface area (Å²) in [5.41, 5.74) is 2.13. The van der Waals surface area contributed by atoms with Gasteiger partial charge in [-0.1, -0.05) is 12.1 Å². The maximum Gasteiger partial charge on any atom is 0.287 e. The predicted octanol–water partition coefficient (Wildman–Crippen LogP) is 2.41. The normalized spacial score (nSPS) is 23.4. The van der Waals surface area contributed by atoms with Gasteiger partial charge < -0.3 is 14.2 Å². The Morgan fingerprint density at radius 2 is 2.15 bits per heavy atom. The smallest absolute Gasteiger partial charge is 0.287 e. The van der Waals surface area contributed by atoms with Crippen LogP contribution in [0.4, 0.5) is 11.6 Å². The van der Waals surface area contributed by atoms with Crippen LogP contribution in [-0.2, 0) is 4.74 Å². The van der Waals surface area contributed by atoms with Crippen LogP contribution >= 0.6 is 11.8 Å². The molecule has 5 heterocycles. The molecule has 0 bridgehead atoms. The predicted molar refractivity (Wildman–Crippen MR) is 97.5 cm³/mol. The van der Waals surface area contributed by atoms with Gasteiger partial charge in [0, 0.05) is 23.9 Å². The van der Waals surface area contributed by atoms with Crippen LogP contribution in [0.2, 0.25) is 0 Å². The van der Waals surface area contributed by atoms with E-state index in [1.165, 1.54) is 0 Å². The molecule has 10 heteroatoms. The van der Waals surface area contributed by atoms with Crippen LogP contribution in [0.3, 0.4) is 0 Å². The molecular formula is C17H16ClN7O2. The average molecular weight is 386 g/mol. The fourth-order valence-corrected chi connectivity index (χ4v) is 4.10. The molecule has 0 radical (unpaired) electrons. The molecule has 2 aromatic rings. The summed E-state index contributed by atoms with van der Waals surface area (Å²) in [6, 6.07) is 8.16. The van der Waals surface area contributed by atoms with Crippen molar-refractivity contribution in [1.29, 1.82) is 0 Å². The summed E-state index contributed by atoms with van der Waals surface area (Å²) in [5.74, 6) is 2.74. The van der Waals surface area contributed by atoms with Crippen LogP contribution in [-0.4, -0.2) is 45.3 Å². The zero-order valence-electron chi connectivity index (χ0n) is 14.3. The van der Waals surface area contributed by atoms with Crippen LogP contribution in [0, 0.1) is 0 Å². The quantitative estimate of drug-likeness (QED) is 0.730. The van der Waals surface area contributed by atoms with Crippen LogP contribution in [0.1, 0.15) is 30.4 Å². The second-order valence-corrected chi connectivity index (χ2v) is 7.18. The minimum absolute atomic E-state index is 0.114. The number of aliphatic imine (C=N–C) groups is 1. The number of hydrogen-bond acceptors (Lipinski definition) is 9. The topological polar surface area (TPSA) is 73.5 Å². The van der Waals surface area contributed by atoms with Crippen molar-refractivity contribution < 1.29 is 9.26 Å². The Hall–Kier alpha value is -2.78. The van der Waals surface area contributed by atoms with Crippen LogP contribution in [0.5, 0.6) is 0 Å². The lowest BCUT2D eigenvalue weighted by Gasteiger charge is -2.39. The van der Waals surface area contributed by atoms with Crippen molar-refractivity contribution in [2.75, 3.05) is 29.9 Å². The Balaban J connectivity index is 1.40. The van der Waals surface area contributed by atoms with Gasteiger partial charge in [0.25, 0.3) is 11.8 Å². The van der Waals surface area contributed by atoms with Gasteiger partial charge in [-0.25, -0.2) is 15.0 Å². The van der Waals surface area contributed by atoms with Crippen molar-refractivity contribution in [2.45, 2.75) is 18.9 Å². The maximum absolute atomic E-state index is 6.29. The molecule has 4 aliphatic rings. The van der Waals surface area contributed by atoms with E-state index in [0.717, 1.165) is 42.4 Å². The first kappa shape index (κ1) is 15.3. The number of rotatable bonds is 2. The molecule has 27 heavy (non-hydrogen) atoms. The first-order valence-electron chi connectivity index (χ1n) is 8.88. The molecule has 0 amide bonds. The molecule has 1 atom stereocenters. The lowest BCUT2D eigenvalue weighted by molar-refractivity contribution is 0.0835. The lowest BCUT2D eigenvalue weighted by Crippen LogP contribution is -2.49. The number of aromatic nitrogens is 2. The third kappa shape index (κ3) is 2.18. The molecule has 0 spiro atoms.